The molecule has 0 radical (unpaired) electrons. The number of nitrogens with zero attached hydrogens (tertiary/aromatic N) is 6. The van der Waals surface area contributed by atoms with Gasteiger partial charge in [0.05, 0.1) is 69.6 Å². The first-order valence-electron chi connectivity index (χ1n) is 26.5. The summed E-state index contributed by atoms with van der Waals surface area (Å²) in [6.07, 6.45) is 9.01. The number of nitrogens with one attached hydrogen (secondary N) is 3. The van der Waals surface area contributed by atoms with Crippen LogP contribution in [-0.2, 0) is 19.5 Å². The normalized spacial score (nSPS) is 24.6. The van der Waals surface area contributed by atoms with Crippen LogP contribution in [0.25, 0.3) is 11.0 Å². The van der Waals surface area contributed by atoms with Gasteiger partial charge in [-0.3, -0.25) is 19.8 Å². The molecule has 19 heteroatoms. The monoisotopic (exact) mass is 1030 g/mol. The molecule has 1 amide bonds. The van der Waals surface area contributed by atoms with Gasteiger partial charge in [-0.25, -0.2) is 22.5 Å². The van der Waals surface area contributed by atoms with Crippen molar-refractivity contribution in [3.8, 4) is 0 Å². The number of carbonyl (C=O) groups is 1. The Morgan fingerprint density at radius 1 is 0.959 bits per heavy atom. The van der Waals surface area contributed by atoms with Crippen LogP contribution < -0.4 is 24.7 Å². The third-order valence-corrected chi connectivity index (χ3v) is 18.4. The highest BCUT2D eigenvalue weighted by atomic mass is 32.2. The van der Waals surface area contributed by atoms with E-state index in [0.29, 0.717) is 87.1 Å². The van der Waals surface area contributed by atoms with Gasteiger partial charge < -0.3 is 39.6 Å². The number of H-pyrrole nitrogens is 1. The lowest BCUT2D eigenvalue weighted by atomic mass is 9.59. The number of ether oxygens (including phenoxy) is 2. The summed E-state index contributed by atoms with van der Waals surface area (Å²) in [5.74, 6) is -0.209. The summed E-state index contributed by atoms with van der Waals surface area (Å²) in [6.45, 7) is 12.6. The highest BCUT2D eigenvalue weighted by Gasteiger charge is 2.50. The SMILES string of the molecule is CC(C)c1ccccc1[C@@H]1COCCN1C1CC2(CCN(c3ccc(C(=O)NS(=O)(=O)c4ccc(NC[C@H]5CC[C@](C)(O)CC5)c([N+](=O)[O-])c4)c(N4C[C@@H]5COCCCN5c5nc6[nH]cc(F)c6cc54)c3)CC2)C1. The molecule has 4 aliphatic heterocycles. The minimum Gasteiger partial charge on any atom is -0.390 e. The van der Waals surface area contributed by atoms with E-state index in [1.807, 2.05) is 24.0 Å². The third-order valence-electron chi connectivity index (χ3n) is 17.1. The number of hydrogen-bond acceptors (Lipinski definition) is 14. The number of benzene rings is 3. The summed E-state index contributed by atoms with van der Waals surface area (Å²) in [5, 5.41) is 26.2. The van der Waals surface area contributed by atoms with E-state index in [2.05, 4.69) is 67.8 Å². The zero-order chi connectivity index (χ0) is 51.5. The number of aromatic amines is 1. The summed E-state index contributed by atoms with van der Waals surface area (Å²) in [7, 11) is -4.66. The Balaban J connectivity index is 0.873. The van der Waals surface area contributed by atoms with Crippen LogP contribution in [0.4, 0.5) is 38.6 Å². The largest absolute Gasteiger partial charge is 0.390 e. The number of aliphatic hydroxyl groups is 1. The maximum absolute atomic E-state index is 15.4. The number of nitro benzene ring substituents is 1. The Labute approximate surface area is 432 Å². The average Bonchev–Trinajstić information content (AvgIpc) is 3.57. The smallest absolute Gasteiger partial charge is 0.293 e. The number of hydrogen-bond donors (Lipinski definition) is 4. The number of carbonyl (C=O) groups excluding carboxylic acids is 1. The maximum Gasteiger partial charge on any atom is 0.293 e. The van der Waals surface area contributed by atoms with Crippen LogP contribution in [0.3, 0.4) is 0 Å². The number of piperidine rings is 1. The maximum atomic E-state index is 15.4. The quantitative estimate of drug-likeness (QED) is 0.0683. The molecule has 74 heavy (non-hydrogen) atoms. The molecule has 0 unspecified atom stereocenters. The average molecular weight is 1030 g/mol. The van der Waals surface area contributed by atoms with Crippen LogP contribution in [-0.4, -0.2) is 123 Å². The molecule has 2 saturated carbocycles. The molecule has 5 fully saturated rings. The molecule has 0 bridgehead atoms. The fourth-order valence-corrected chi connectivity index (χ4v) is 13.8. The molecular weight excluding hydrogens is 966 g/mol. The van der Waals surface area contributed by atoms with Crippen molar-refractivity contribution in [2.24, 2.45) is 11.3 Å². The first-order valence-corrected chi connectivity index (χ1v) is 28.0. The van der Waals surface area contributed by atoms with E-state index in [0.717, 1.165) is 82.9 Å². The first kappa shape index (κ1) is 50.3. The van der Waals surface area contributed by atoms with Crippen LogP contribution in [0.15, 0.2) is 77.8 Å². The number of halogens is 1. The second-order valence-corrected chi connectivity index (χ2v) is 24.0. The van der Waals surface area contributed by atoms with Crippen molar-refractivity contribution in [3.05, 3.63) is 106 Å². The molecule has 2 aliphatic carbocycles. The third kappa shape index (κ3) is 9.81. The Kier molecular flexibility index (Phi) is 13.6. The minimum absolute atomic E-state index is 0.0505. The Hall–Kier alpha value is -5.86. The summed E-state index contributed by atoms with van der Waals surface area (Å²) < 4.78 is 58.2. The summed E-state index contributed by atoms with van der Waals surface area (Å²) >= 11 is 0. The van der Waals surface area contributed by atoms with Crippen molar-refractivity contribution < 1.29 is 37.1 Å². The molecule has 5 aromatic rings. The number of amides is 1. The van der Waals surface area contributed by atoms with Gasteiger partial charge in [0.2, 0.25) is 0 Å². The van der Waals surface area contributed by atoms with Gasteiger partial charge in [-0.05, 0) is 129 Å². The van der Waals surface area contributed by atoms with Crippen LogP contribution >= 0.6 is 0 Å². The van der Waals surface area contributed by atoms with Crippen molar-refractivity contribution in [1.82, 2.24) is 19.6 Å². The van der Waals surface area contributed by atoms with E-state index < -0.39 is 42.9 Å². The molecule has 17 nitrogen and oxygen atoms in total. The van der Waals surface area contributed by atoms with Crippen LogP contribution in [0.1, 0.15) is 112 Å². The minimum atomic E-state index is -4.66. The van der Waals surface area contributed by atoms with E-state index in [4.69, 9.17) is 14.5 Å². The van der Waals surface area contributed by atoms with Gasteiger partial charge in [0.1, 0.15) is 17.2 Å². The van der Waals surface area contributed by atoms with Gasteiger partial charge in [-0.1, -0.05) is 38.1 Å². The molecule has 4 N–H and O–H groups in total. The van der Waals surface area contributed by atoms with Gasteiger partial charge >= 0.3 is 0 Å². The molecule has 6 heterocycles. The van der Waals surface area contributed by atoms with Crippen LogP contribution in [0.2, 0.25) is 0 Å². The zero-order valence-corrected chi connectivity index (χ0v) is 43.3. The fourth-order valence-electron chi connectivity index (χ4n) is 12.8. The second-order valence-electron chi connectivity index (χ2n) is 22.3. The summed E-state index contributed by atoms with van der Waals surface area (Å²) in [4.78, 5) is 43.1. The molecule has 11 rings (SSSR count). The van der Waals surface area contributed by atoms with Crippen molar-refractivity contribution in [2.75, 3.05) is 85.7 Å². The number of sulfonamides is 1. The van der Waals surface area contributed by atoms with E-state index in [-0.39, 0.29) is 40.1 Å². The van der Waals surface area contributed by atoms with Gasteiger partial charge in [-0.15, -0.1) is 0 Å². The number of rotatable bonds is 12. The zero-order valence-electron chi connectivity index (χ0n) is 42.5. The predicted octanol–water partition coefficient (Wildman–Crippen LogP) is 8.77. The molecule has 1 spiro atoms. The number of pyridine rings is 1. The van der Waals surface area contributed by atoms with E-state index in [1.54, 1.807) is 12.1 Å². The number of fused-ring (bicyclic) bond motifs is 4. The van der Waals surface area contributed by atoms with E-state index in [9.17, 15) is 28.4 Å². The van der Waals surface area contributed by atoms with Crippen molar-refractivity contribution in [1.29, 1.82) is 0 Å². The molecule has 6 aliphatic rings. The number of aromatic nitrogens is 2. The van der Waals surface area contributed by atoms with Crippen molar-refractivity contribution in [3.63, 3.8) is 0 Å². The molecule has 3 aromatic carbocycles. The van der Waals surface area contributed by atoms with Gasteiger partial charge in [0.15, 0.2) is 5.82 Å². The number of nitro groups is 1. The predicted molar refractivity (Wildman–Crippen MR) is 283 cm³/mol. The Morgan fingerprint density at radius 2 is 1.73 bits per heavy atom. The summed E-state index contributed by atoms with van der Waals surface area (Å²) in [5.41, 5.74) is 4.23. The molecule has 394 valence electrons. The molecule has 2 atom stereocenters. The molecule has 2 aromatic heterocycles. The van der Waals surface area contributed by atoms with E-state index in [1.165, 1.54) is 29.5 Å². The standard InChI is InChI=1S/C55H68FN9O8S/c1-35(2)41-7-4-5-8-42(41)50-34-73-24-22-62(50)38-28-55(29-38)17-20-61(21-18-55)37-9-11-43(47(25-37)64-32-39-33-72-23-6-19-63(39)52-49(64)27-44-45(56)31-58-51(44)59-52)53(66)60-74(70,71)40-10-12-46(48(26-40)65(68)69)57-30-36-13-15-54(3,67)16-14-36/h4-5,7-12,25-27,31,35-36,38-39,50,57,67H,6,13-24,28-30,32-34H2,1-3H3,(H,58,59)(H,60,66)/t36-,39-,50+,54-/m1/s1. The fraction of sp³-hybridized carbons (Fsp3) is 0.527. The van der Waals surface area contributed by atoms with Crippen LogP contribution in [0, 0.1) is 27.3 Å². The first-order chi connectivity index (χ1) is 35.6. The second kappa shape index (κ2) is 20.0. The lowest BCUT2D eigenvalue weighted by Gasteiger charge is -2.57. The van der Waals surface area contributed by atoms with Gasteiger partial charge in [-0.2, -0.15) is 0 Å². The van der Waals surface area contributed by atoms with Gasteiger partial charge in [0.25, 0.3) is 21.6 Å². The van der Waals surface area contributed by atoms with Crippen molar-refractivity contribution >= 4 is 61.2 Å². The Bertz CT molecular complexity index is 3030. The van der Waals surface area contributed by atoms with Gasteiger partial charge in [0, 0.05) is 69.9 Å². The molecule has 3 saturated heterocycles. The lowest BCUT2D eigenvalue weighted by Crippen LogP contribution is -2.58. The summed E-state index contributed by atoms with van der Waals surface area (Å²) in [6, 6.07) is 20.0. The molecular formula is C55H68FN9O8S. The number of anilines is 5. The lowest BCUT2D eigenvalue weighted by molar-refractivity contribution is -0.384. The van der Waals surface area contributed by atoms with E-state index >= 15 is 4.39 Å². The van der Waals surface area contributed by atoms with Crippen molar-refractivity contribution in [2.45, 2.75) is 113 Å². The Morgan fingerprint density at radius 3 is 2.50 bits per heavy atom. The highest BCUT2D eigenvalue weighted by molar-refractivity contribution is 7.90. The van der Waals surface area contributed by atoms with Crippen LogP contribution in [0.5, 0.6) is 0 Å². The number of morpholine rings is 1. The topological polar surface area (TPSA) is 199 Å². The highest BCUT2D eigenvalue weighted by Crippen LogP contribution is 2.54.